The van der Waals surface area contributed by atoms with Crippen LogP contribution in [-0.2, 0) is 4.74 Å². The molecule has 1 unspecified atom stereocenters. The SMILES string of the molecule is CC(C)(C)OC(=O)N1CCNCC1c1ncc(Br)s1. The number of hydrogen-bond acceptors (Lipinski definition) is 5. The molecule has 1 aromatic rings. The molecule has 0 radical (unpaired) electrons. The molecule has 2 rings (SSSR count). The Kier molecular flexibility index (Phi) is 4.47. The Morgan fingerprint density at radius 3 is 2.95 bits per heavy atom. The number of thiazole rings is 1. The first-order valence-corrected chi connectivity index (χ1v) is 7.79. The van der Waals surface area contributed by atoms with E-state index >= 15 is 0 Å². The molecule has 0 aliphatic carbocycles. The average Bonchev–Trinajstić information content (AvgIpc) is 2.73. The number of rotatable bonds is 1. The molecule has 1 saturated heterocycles. The number of carbonyl (C=O) groups excluding carboxylic acids is 1. The van der Waals surface area contributed by atoms with Gasteiger partial charge in [0.25, 0.3) is 0 Å². The smallest absolute Gasteiger partial charge is 0.410 e. The van der Waals surface area contributed by atoms with Crippen LogP contribution in [0.5, 0.6) is 0 Å². The minimum absolute atomic E-state index is 0.0556. The third-order valence-electron chi connectivity index (χ3n) is 2.65. The van der Waals surface area contributed by atoms with Crippen LogP contribution < -0.4 is 5.32 Å². The highest BCUT2D eigenvalue weighted by molar-refractivity contribution is 9.11. The largest absolute Gasteiger partial charge is 0.444 e. The van der Waals surface area contributed by atoms with Crippen LogP contribution in [-0.4, -0.2) is 41.2 Å². The van der Waals surface area contributed by atoms with E-state index in [4.69, 9.17) is 4.74 Å². The van der Waals surface area contributed by atoms with Crippen LogP contribution in [0.1, 0.15) is 31.8 Å². The third-order valence-corrected chi connectivity index (χ3v) is 4.23. The summed E-state index contributed by atoms with van der Waals surface area (Å²) in [7, 11) is 0. The summed E-state index contributed by atoms with van der Waals surface area (Å²) in [6.07, 6.45) is 1.49. The normalized spacial score (nSPS) is 20.4. The monoisotopic (exact) mass is 347 g/mol. The van der Waals surface area contributed by atoms with Gasteiger partial charge in [0.1, 0.15) is 10.6 Å². The summed E-state index contributed by atoms with van der Waals surface area (Å²) in [6, 6.07) is -0.0556. The Morgan fingerprint density at radius 2 is 2.37 bits per heavy atom. The van der Waals surface area contributed by atoms with Gasteiger partial charge in [-0.3, -0.25) is 4.90 Å². The quantitative estimate of drug-likeness (QED) is 0.848. The van der Waals surface area contributed by atoms with E-state index in [-0.39, 0.29) is 12.1 Å². The van der Waals surface area contributed by atoms with Crippen molar-refractivity contribution in [1.29, 1.82) is 0 Å². The summed E-state index contributed by atoms with van der Waals surface area (Å²) >= 11 is 4.95. The van der Waals surface area contributed by atoms with Crippen molar-refractivity contribution in [3.63, 3.8) is 0 Å². The topological polar surface area (TPSA) is 54.5 Å². The van der Waals surface area contributed by atoms with Gasteiger partial charge in [0.05, 0.1) is 16.0 Å². The van der Waals surface area contributed by atoms with E-state index in [0.29, 0.717) is 13.1 Å². The van der Waals surface area contributed by atoms with Crippen molar-refractivity contribution in [1.82, 2.24) is 15.2 Å². The number of aromatic nitrogens is 1. The number of halogens is 1. The van der Waals surface area contributed by atoms with Gasteiger partial charge in [-0.25, -0.2) is 9.78 Å². The summed E-state index contributed by atoms with van der Waals surface area (Å²) in [5.74, 6) is 0. The molecule has 7 heteroatoms. The fourth-order valence-electron chi connectivity index (χ4n) is 1.89. The fourth-order valence-corrected chi connectivity index (χ4v) is 3.24. The molecule has 19 heavy (non-hydrogen) atoms. The molecule has 1 amide bonds. The lowest BCUT2D eigenvalue weighted by atomic mass is 10.2. The molecule has 0 spiro atoms. The molecule has 106 valence electrons. The molecule has 1 atom stereocenters. The number of nitrogens with zero attached hydrogens (tertiary/aromatic N) is 2. The van der Waals surface area contributed by atoms with Crippen molar-refractivity contribution in [3.8, 4) is 0 Å². The minimum Gasteiger partial charge on any atom is -0.444 e. The molecule has 2 heterocycles. The zero-order chi connectivity index (χ0) is 14.0. The van der Waals surface area contributed by atoms with Gasteiger partial charge < -0.3 is 10.1 Å². The van der Waals surface area contributed by atoms with Crippen molar-refractivity contribution in [3.05, 3.63) is 15.0 Å². The maximum Gasteiger partial charge on any atom is 0.410 e. The van der Waals surface area contributed by atoms with Crippen LogP contribution in [0.3, 0.4) is 0 Å². The second kappa shape index (κ2) is 5.76. The Hall–Kier alpha value is -0.660. The van der Waals surface area contributed by atoms with E-state index in [2.05, 4.69) is 26.2 Å². The first-order chi connectivity index (χ1) is 8.87. The predicted molar refractivity (Wildman–Crippen MR) is 78.4 cm³/mol. The Morgan fingerprint density at radius 1 is 1.63 bits per heavy atom. The molecule has 1 fully saturated rings. The zero-order valence-corrected chi connectivity index (χ0v) is 13.7. The number of carbonyl (C=O) groups is 1. The maximum absolute atomic E-state index is 12.2. The minimum atomic E-state index is -0.476. The van der Waals surface area contributed by atoms with Gasteiger partial charge in [0, 0.05) is 19.6 Å². The van der Waals surface area contributed by atoms with E-state index in [0.717, 1.165) is 15.3 Å². The van der Waals surface area contributed by atoms with Crippen molar-refractivity contribution >= 4 is 33.4 Å². The average molecular weight is 348 g/mol. The number of nitrogens with one attached hydrogen (secondary N) is 1. The lowest BCUT2D eigenvalue weighted by molar-refractivity contribution is 0.0118. The Balaban J connectivity index is 2.14. The maximum atomic E-state index is 12.2. The van der Waals surface area contributed by atoms with Crippen molar-refractivity contribution in [2.45, 2.75) is 32.4 Å². The van der Waals surface area contributed by atoms with Crippen molar-refractivity contribution in [2.75, 3.05) is 19.6 Å². The first-order valence-electron chi connectivity index (χ1n) is 6.18. The lowest BCUT2D eigenvalue weighted by Crippen LogP contribution is -2.50. The molecule has 1 aliphatic rings. The zero-order valence-electron chi connectivity index (χ0n) is 11.3. The molecule has 1 aliphatic heterocycles. The number of hydrogen-bond donors (Lipinski definition) is 1. The third kappa shape index (κ3) is 3.90. The Bertz CT molecular complexity index is 458. The second-order valence-electron chi connectivity index (χ2n) is 5.40. The van der Waals surface area contributed by atoms with E-state index in [1.54, 1.807) is 22.4 Å². The molecular formula is C12H18BrN3O2S. The van der Waals surface area contributed by atoms with Crippen LogP contribution >= 0.6 is 27.3 Å². The van der Waals surface area contributed by atoms with Gasteiger partial charge in [-0.1, -0.05) is 0 Å². The molecule has 0 aromatic carbocycles. The van der Waals surface area contributed by atoms with Crippen LogP contribution in [0.2, 0.25) is 0 Å². The van der Waals surface area contributed by atoms with Crippen LogP contribution in [0.4, 0.5) is 4.79 Å². The van der Waals surface area contributed by atoms with Crippen LogP contribution in [0.25, 0.3) is 0 Å². The highest BCUT2D eigenvalue weighted by atomic mass is 79.9. The molecule has 0 bridgehead atoms. The molecule has 1 N–H and O–H groups in total. The molecule has 0 saturated carbocycles. The predicted octanol–water partition coefficient (Wildman–Crippen LogP) is 2.79. The number of piperazine rings is 1. The summed E-state index contributed by atoms with van der Waals surface area (Å²) < 4.78 is 6.43. The van der Waals surface area contributed by atoms with Gasteiger partial charge in [-0.15, -0.1) is 11.3 Å². The number of ether oxygens (including phenoxy) is 1. The summed E-state index contributed by atoms with van der Waals surface area (Å²) in [6.45, 7) is 7.75. The van der Waals surface area contributed by atoms with E-state index < -0.39 is 5.60 Å². The van der Waals surface area contributed by atoms with Gasteiger partial charge >= 0.3 is 6.09 Å². The molecular weight excluding hydrogens is 330 g/mol. The number of amides is 1. The van der Waals surface area contributed by atoms with Crippen LogP contribution in [0, 0.1) is 0 Å². The Labute approximate surface area is 125 Å². The van der Waals surface area contributed by atoms with Crippen molar-refractivity contribution in [2.24, 2.45) is 0 Å². The summed E-state index contributed by atoms with van der Waals surface area (Å²) in [5, 5.41) is 4.21. The van der Waals surface area contributed by atoms with Gasteiger partial charge in [0.15, 0.2) is 0 Å². The van der Waals surface area contributed by atoms with Gasteiger partial charge in [-0.05, 0) is 36.7 Å². The second-order valence-corrected chi connectivity index (χ2v) is 7.84. The highest BCUT2D eigenvalue weighted by Crippen LogP contribution is 2.30. The summed E-state index contributed by atoms with van der Waals surface area (Å²) in [5.41, 5.74) is -0.476. The standard InChI is InChI=1S/C12H18BrN3O2S/c1-12(2,3)18-11(17)16-5-4-14-6-8(16)10-15-7-9(13)19-10/h7-8,14H,4-6H2,1-3H3. The highest BCUT2D eigenvalue weighted by Gasteiger charge is 2.32. The van der Waals surface area contributed by atoms with E-state index in [9.17, 15) is 4.79 Å². The van der Waals surface area contributed by atoms with Crippen LogP contribution in [0.15, 0.2) is 9.98 Å². The lowest BCUT2D eigenvalue weighted by Gasteiger charge is -2.36. The van der Waals surface area contributed by atoms with E-state index in [1.165, 1.54) is 0 Å². The molecule has 1 aromatic heterocycles. The fraction of sp³-hybridized carbons (Fsp3) is 0.667. The van der Waals surface area contributed by atoms with Crippen molar-refractivity contribution < 1.29 is 9.53 Å². The summed E-state index contributed by atoms with van der Waals surface area (Å²) in [4.78, 5) is 18.4. The first kappa shape index (κ1) is 14.7. The van der Waals surface area contributed by atoms with Gasteiger partial charge in [-0.2, -0.15) is 0 Å². The van der Waals surface area contributed by atoms with E-state index in [1.807, 2.05) is 20.8 Å². The van der Waals surface area contributed by atoms with Gasteiger partial charge in [0.2, 0.25) is 0 Å². The molecule has 5 nitrogen and oxygen atoms in total.